The molecule has 0 spiro atoms. The highest BCUT2D eigenvalue weighted by Crippen LogP contribution is 2.17. The quantitative estimate of drug-likeness (QED) is 0.241. The van der Waals surface area contributed by atoms with Gasteiger partial charge in [0.05, 0.1) is 38.2 Å². The molecule has 2 N–H and O–H groups in total. The first-order chi connectivity index (χ1) is 16.2. The van der Waals surface area contributed by atoms with Crippen molar-refractivity contribution < 1.29 is 4.74 Å². The molecule has 8 heteroatoms. The van der Waals surface area contributed by atoms with Gasteiger partial charge in [-0.25, -0.2) is 9.98 Å². The van der Waals surface area contributed by atoms with Gasteiger partial charge in [-0.2, -0.15) is 0 Å². The smallest absolute Gasteiger partial charge is 0.194 e. The van der Waals surface area contributed by atoms with E-state index in [9.17, 15) is 0 Å². The fourth-order valence-corrected chi connectivity index (χ4v) is 3.99. The van der Waals surface area contributed by atoms with E-state index in [4.69, 9.17) is 9.73 Å². The van der Waals surface area contributed by atoms with Crippen molar-refractivity contribution in [2.75, 3.05) is 39.9 Å². The Morgan fingerprint density at radius 3 is 2.65 bits per heavy atom. The molecule has 182 valence electrons. The second-order valence-corrected chi connectivity index (χ2v) is 8.34. The number of rotatable bonds is 8. The van der Waals surface area contributed by atoms with Crippen molar-refractivity contribution >= 4 is 29.9 Å². The fraction of sp³-hybridized carbons (Fsp3) is 0.385. The first kappa shape index (κ1) is 26.2. The summed E-state index contributed by atoms with van der Waals surface area (Å²) < 4.78 is 5.46. The molecule has 1 fully saturated rings. The summed E-state index contributed by atoms with van der Waals surface area (Å²) in [6.07, 6.45) is 1.89. The number of benzene rings is 2. The number of halogens is 1. The van der Waals surface area contributed by atoms with E-state index in [1.165, 1.54) is 11.1 Å². The predicted octanol–water partition coefficient (Wildman–Crippen LogP) is 4.12. The standard InChI is InChI=1S/C26H34N6O.HI/c1-3-27-26(31(2)20-25-28-18-24(30-25)23-10-5-4-6-11-23)29-17-21-8-7-9-22(16-21)19-32-12-14-33-15-13-32;/h4-11,16,18H,3,12-15,17,19-20H2,1-2H3,(H,27,29)(H,28,30);1H. The lowest BCUT2D eigenvalue weighted by molar-refractivity contribution is 0.0342. The summed E-state index contributed by atoms with van der Waals surface area (Å²) in [5.41, 5.74) is 4.70. The SMILES string of the molecule is CCNC(=NCc1cccc(CN2CCOCC2)c1)N(C)Cc1ncc(-c2ccccc2)[nH]1.I. The van der Waals surface area contributed by atoms with E-state index in [1.54, 1.807) is 0 Å². The van der Waals surface area contributed by atoms with Crippen LogP contribution in [0.5, 0.6) is 0 Å². The average Bonchev–Trinajstić information content (AvgIpc) is 3.31. The molecule has 1 aliphatic rings. The summed E-state index contributed by atoms with van der Waals surface area (Å²) in [6, 6.07) is 19.0. The number of hydrogen-bond donors (Lipinski definition) is 2. The summed E-state index contributed by atoms with van der Waals surface area (Å²) in [4.78, 5) is 17.4. The number of nitrogens with one attached hydrogen (secondary N) is 2. The highest BCUT2D eigenvalue weighted by atomic mass is 127. The highest BCUT2D eigenvalue weighted by Gasteiger charge is 2.12. The maximum absolute atomic E-state index is 5.46. The zero-order chi connectivity index (χ0) is 22.9. The second-order valence-electron chi connectivity index (χ2n) is 8.34. The van der Waals surface area contributed by atoms with Crippen molar-refractivity contribution in [1.29, 1.82) is 0 Å². The van der Waals surface area contributed by atoms with Gasteiger partial charge in [0, 0.05) is 33.2 Å². The summed E-state index contributed by atoms with van der Waals surface area (Å²) in [6.45, 7) is 8.79. The van der Waals surface area contributed by atoms with Gasteiger partial charge in [0.1, 0.15) is 5.82 Å². The molecule has 1 saturated heterocycles. The Morgan fingerprint density at radius 1 is 1.12 bits per heavy atom. The van der Waals surface area contributed by atoms with Crippen LogP contribution >= 0.6 is 24.0 Å². The molecule has 0 amide bonds. The number of nitrogens with zero attached hydrogens (tertiary/aromatic N) is 4. The van der Waals surface area contributed by atoms with Crippen LogP contribution in [0.2, 0.25) is 0 Å². The lowest BCUT2D eigenvalue weighted by Crippen LogP contribution is -2.38. The largest absolute Gasteiger partial charge is 0.379 e. The molecule has 0 radical (unpaired) electrons. The van der Waals surface area contributed by atoms with Crippen molar-refractivity contribution in [2.45, 2.75) is 26.6 Å². The van der Waals surface area contributed by atoms with Gasteiger partial charge in [-0.3, -0.25) is 4.90 Å². The average molecular weight is 575 g/mol. The van der Waals surface area contributed by atoms with E-state index in [1.807, 2.05) is 31.4 Å². The third-order valence-corrected chi connectivity index (χ3v) is 5.71. The molecular formula is C26H35IN6O. The Kier molecular flexibility index (Phi) is 10.4. The number of aromatic amines is 1. The Bertz CT molecular complexity index is 1030. The van der Waals surface area contributed by atoms with Crippen molar-refractivity contribution in [1.82, 2.24) is 25.1 Å². The molecule has 0 unspecified atom stereocenters. The third kappa shape index (κ3) is 7.54. The second kappa shape index (κ2) is 13.5. The van der Waals surface area contributed by atoms with Crippen molar-refractivity contribution in [3.8, 4) is 11.3 Å². The minimum atomic E-state index is 0. The molecule has 34 heavy (non-hydrogen) atoms. The molecular weight excluding hydrogens is 539 g/mol. The predicted molar refractivity (Wildman–Crippen MR) is 148 cm³/mol. The maximum Gasteiger partial charge on any atom is 0.194 e. The third-order valence-electron chi connectivity index (χ3n) is 5.71. The van der Waals surface area contributed by atoms with Gasteiger partial charge in [0.25, 0.3) is 0 Å². The first-order valence-electron chi connectivity index (χ1n) is 11.7. The van der Waals surface area contributed by atoms with Gasteiger partial charge < -0.3 is 19.9 Å². The number of ether oxygens (including phenoxy) is 1. The highest BCUT2D eigenvalue weighted by molar-refractivity contribution is 14.0. The van der Waals surface area contributed by atoms with E-state index in [0.29, 0.717) is 13.1 Å². The number of hydrogen-bond acceptors (Lipinski definition) is 4. The summed E-state index contributed by atoms with van der Waals surface area (Å²) >= 11 is 0. The van der Waals surface area contributed by atoms with Gasteiger partial charge >= 0.3 is 0 Å². The Morgan fingerprint density at radius 2 is 1.88 bits per heavy atom. The Labute approximate surface area is 219 Å². The van der Waals surface area contributed by atoms with Crippen LogP contribution < -0.4 is 5.32 Å². The molecule has 0 atom stereocenters. The van der Waals surface area contributed by atoms with E-state index < -0.39 is 0 Å². The van der Waals surface area contributed by atoms with Crippen LogP contribution in [0.15, 0.2) is 65.8 Å². The van der Waals surface area contributed by atoms with Crippen LogP contribution in [0.4, 0.5) is 0 Å². The number of aromatic nitrogens is 2. The van der Waals surface area contributed by atoms with E-state index in [0.717, 1.165) is 62.4 Å². The number of morpholine rings is 1. The molecule has 2 aromatic carbocycles. The molecule has 0 bridgehead atoms. The Hall–Kier alpha value is -2.43. The van der Waals surface area contributed by atoms with Crippen LogP contribution in [-0.4, -0.2) is 65.6 Å². The lowest BCUT2D eigenvalue weighted by atomic mass is 10.1. The minimum absolute atomic E-state index is 0. The van der Waals surface area contributed by atoms with Gasteiger partial charge in [-0.05, 0) is 23.6 Å². The van der Waals surface area contributed by atoms with Crippen LogP contribution in [0.1, 0.15) is 23.9 Å². The van der Waals surface area contributed by atoms with Crippen LogP contribution in [-0.2, 0) is 24.4 Å². The van der Waals surface area contributed by atoms with Gasteiger partial charge in [0.2, 0.25) is 0 Å². The zero-order valence-electron chi connectivity index (χ0n) is 20.0. The van der Waals surface area contributed by atoms with Crippen LogP contribution in [0, 0.1) is 0 Å². The fourth-order valence-electron chi connectivity index (χ4n) is 3.99. The molecule has 1 aliphatic heterocycles. The van der Waals surface area contributed by atoms with E-state index >= 15 is 0 Å². The number of H-pyrrole nitrogens is 1. The van der Waals surface area contributed by atoms with Gasteiger partial charge in [-0.15, -0.1) is 24.0 Å². The molecule has 3 aromatic rings. The summed E-state index contributed by atoms with van der Waals surface area (Å²) in [5, 5.41) is 3.40. The van der Waals surface area contributed by atoms with Gasteiger partial charge in [-0.1, -0.05) is 54.6 Å². The van der Waals surface area contributed by atoms with E-state index in [2.05, 4.69) is 68.4 Å². The minimum Gasteiger partial charge on any atom is -0.379 e. The molecule has 0 saturated carbocycles. The normalized spacial score (nSPS) is 14.5. The van der Waals surface area contributed by atoms with Crippen LogP contribution in [0.3, 0.4) is 0 Å². The molecule has 0 aliphatic carbocycles. The topological polar surface area (TPSA) is 68.8 Å². The lowest BCUT2D eigenvalue weighted by Gasteiger charge is -2.26. The van der Waals surface area contributed by atoms with Crippen molar-refractivity contribution in [3.05, 3.63) is 77.7 Å². The molecule has 4 rings (SSSR count). The number of aliphatic imine (C=N–C) groups is 1. The first-order valence-corrected chi connectivity index (χ1v) is 11.7. The molecule has 1 aromatic heterocycles. The van der Waals surface area contributed by atoms with Crippen molar-refractivity contribution in [2.24, 2.45) is 4.99 Å². The Balaban J connectivity index is 0.00000324. The van der Waals surface area contributed by atoms with Crippen LogP contribution in [0.25, 0.3) is 11.3 Å². The summed E-state index contributed by atoms with van der Waals surface area (Å²) in [7, 11) is 2.04. The monoisotopic (exact) mass is 574 g/mol. The molecule has 7 nitrogen and oxygen atoms in total. The zero-order valence-corrected chi connectivity index (χ0v) is 22.4. The maximum atomic E-state index is 5.46. The number of imidazole rings is 1. The molecule has 2 heterocycles. The van der Waals surface area contributed by atoms with Crippen molar-refractivity contribution in [3.63, 3.8) is 0 Å². The number of guanidine groups is 1. The van der Waals surface area contributed by atoms with E-state index in [-0.39, 0.29) is 24.0 Å². The summed E-state index contributed by atoms with van der Waals surface area (Å²) in [5.74, 6) is 1.78. The van der Waals surface area contributed by atoms with Gasteiger partial charge in [0.15, 0.2) is 5.96 Å².